The van der Waals surface area contributed by atoms with Gasteiger partial charge in [0, 0.05) is 0 Å². The van der Waals surface area contributed by atoms with Crippen LogP contribution in [0.4, 0.5) is 8.78 Å². The van der Waals surface area contributed by atoms with E-state index in [9.17, 15) is 22.0 Å². The Balaban J connectivity index is 1.75. The molecule has 4 nitrogen and oxygen atoms in total. The Morgan fingerprint density at radius 3 is 2.42 bits per heavy atom. The van der Waals surface area contributed by atoms with Crippen molar-refractivity contribution in [1.82, 2.24) is 0 Å². The van der Waals surface area contributed by atoms with Gasteiger partial charge < -0.3 is 4.74 Å². The molecule has 2 aromatic carbocycles. The number of sulfone groups is 1. The van der Waals surface area contributed by atoms with Crippen molar-refractivity contribution in [3.05, 3.63) is 65.2 Å². The Labute approximate surface area is 138 Å². The largest absolute Gasteiger partial charge is 0.454 e. The molecule has 7 heteroatoms. The number of fused-ring (bicyclic) bond motifs is 1. The highest BCUT2D eigenvalue weighted by atomic mass is 32.2. The van der Waals surface area contributed by atoms with Gasteiger partial charge in [-0.2, -0.15) is 8.78 Å². The van der Waals surface area contributed by atoms with E-state index in [0.29, 0.717) is 6.42 Å². The first-order valence-electron chi connectivity index (χ1n) is 7.30. The van der Waals surface area contributed by atoms with Crippen molar-refractivity contribution in [2.24, 2.45) is 0 Å². The zero-order valence-electron chi connectivity index (χ0n) is 12.5. The van der Waals surface area contributed by atoms with E-state index in [1.165, 1.54) is 12.1 Å². The van der Waals surface area contributed by atoms with E-state index in [1.54, 1.807) is 0 Å². The van der Waals surface area contributed by atoms with Crippen LogP contribution in [0, 0.1) is 0 Å². The minimum Gasteiger partial charge on any atom is -0.454 e. The quantitative estimate of drug-likeness (QED) is 0.790. The molecule has 24 heavy (non-hydrogen) atoms. The molecular weight excluding hydrogens is 338 g/mol. The van der Waals surface area contributed by atoms with Crippen molar-refractivity contribution in [3.63, 3.8) is 0 Å². The molecule has 0 aromatic heterocycles. The predicted molar refractivity (Wildman–Crippen MR) is 82.6 cm³/mol. The van der Waals surface area contributed by atoms with Gasteiger partial charge in [-0.3, -0.25) is 0 Å². The van der Waals surface area contributed by atoms with Crippen LogP contribution >= 0.6 is 0 Å². The number of benzene rings is 2. The normalized spacial score (nSPS) is 16.9. The minimum absolute atomic E-state index is 0.118. The number of esters is 1. The smallest absolute Gasteiger partial charge is 0.341 e. The van der Waals surface area contributed by atoms with E-state index in [2.05, 4.69) is 0 Å². The van der Waals surface area contributed by atoms with Crippen LogP contribution in [-0.4, -0.2) is 20.1 Å². The van der Waals surface area contributed by atoms with Gasteiger partial charge in [-0.25, -0.2) is 13.2 Å². The van der Waals surface area contributed by atoms with E-state index in [4.69, 9.17) is 4.74 Å². The molecule has 0 saturated carbocycles. The van der Waals surface area contributed by atoms with Crippen molar-refractivity contribution in [1.29, 1.82) is 0 Å². The van der Waals surface area contributed by atoms with Gasteiger partial charge in [-0.1, -0.05) is 24.3 Å². The molecule has 1 atom stereocenters. The van der Waals surface area contributed by atoms with Gasteiger partial charge in [0.05, 0.1) is 10.5 Å². The first-order chi connectivity index (χ1) is 11.4. The third-order valence-corrected chi connectivity index (χ3v) is 5.38. The molecule has 0 N–H and O–H groups in total. The molecule has 0 saturated heterocycles. The van der Waals surface area contributed by atoms with Gasteiger partial charge in [-0.15, -0.1) is 0 Å². The SMILES string of the molecule is O=C(O[C@H]1CCc2ccccc21)c1ccc(S(=O)(=O)C(F)F)cc1. The lowest BCUT2D eigenvalue weighted by Gasteiger charge is -2.13. The summed E-state index contributed by atoms with van der Waals surface area (Å²) in [6, 6.07) is 12.0. The first-order valence-corrected chi connectivity index (χ1v) is 8.85. The molecule has 126 valence electrons. The average Bonchev–Trinajstić information content (AvgIpc) is 2.98. The standard InChI is InChI=1S/C17H14F2O4S/c18-17(19)24(21,22)13-8-5-12(6-9-13)16(20)23-15-10-7-11-3-1-2-4-14(11)15/h1-6,8-9,15,17H,7,10H2/t15-/m0/s1. The highest BCUT2D eigenvalue weighted by Gasteiger charge is 2.28. The van der Waals surface area contributed by atoms with Gasteiger partial charge in [0.1, 0.15) is 6.10 Å². The Morgan fingerprint density at radius 1 is 1.08 bits per heavy atom. The topological polar surface area (TPSA) is 60.4 Å². The molecular formula is C17H14F2O4S. The highest BCUT2D eigenvalue weighted by molar-refractivity contribution is 7.91. The monoisotopic (exact) mass is 352 g/mol. The van der Waals surface area contributed by atoms with Crippen LogP contribution in [-0.2, 0) is 21.0 Å². The number of alkyl halides is 2. The summed E-state index contributed by atoms with van der Waals surface area (Å²) < 4.78 is 53.2. The van der Waals surface area contributed by atoms with Crippen molar-refractivity contribution < 1.29 is 26.7 Å². The van der Waals surface area contributed by atoms with E-state index in [-0.39, 0.29) is 11.7 Å². The third kappa shape index (κ3) is 3.03. The Kier molecular flexibility index (Phi) is 4.36. The molecule has 0 unspecified atom stereocenters. The molecule has 0 radical (unpaired) electrons. The molecule has 2 aromatic rings. The van der Waals surface area contributed by atoms with Gasteiger partial charge in [0.25, 0.3) is 0 Å². The lowest BCUT2D eigenvalue weighted by molar-refractivity contribution is 0.0301. The summed E-state index contributed by atoms with van der Waals surface area (Å²) >= 11 is 0. The number of halogens is 2. The number of carbonyl (C=O) groups excluding carboxylic acids is 1. The fourth-order valence-corrected chi connectivity index (χ4v) is 3.44. The van der Waals surface area contributed by atoms with Crippen LogP contribution < -0.4 is 0 Å². The van der Waals surface area contributed by atoms with E-state index in [0.717, 1.165) is 29.7 Å². The lowest BCUT2D eigenvalue weighted by atomic mass is 10.1. The van der Waals surface area contributed by atoms with Gasteiger partial charge >= 0.3 is 11.7 Å². The highest BCUT2D eigenvalue weighted by Crippen LogP contribution is 2.34. The Morgan fingerprint density at radius 2 is 1.75 bits per heavy atom. The maximum atomic E-state index is 12.5. The summed E-state index contributed by atoms with van der Waals surface area (Å²) in [6.45, 7) is 0. The molecule has 3 rings (SSSR count). The molecule has 0 bridgehead atoms. The molecule has 1 aliphatic carbocycles. The number of hydrogen-bond acceptors (Lipinski definition) is 4. The van der Waals surface area contributed by atoms with E-state index < -0.39 is 26.5 Å². The molecule has 0 amide bonds. The Hall–Kier alpha value is -2.28. The van der Waals surface area contributed by atoms with Crippen LogP contribution in [0.2, 0.25) is 0 Å². The number of carbonyl (C=O) groups is 1. The predicted octanol–water partition coefficient (Wildman–Crippen LogP) is 3.53. The molecule has 0 fully saturated rings. The summed E-state index contributed by atoms with van der Waals surface area (Å²) in [5.41, 5.74) is 2.21. The summed E-state index contributed by atoms with van der Waals surface area (Å²) in [4.78, 5) is 11.7. The second-order valence-electron chi connectivity index (χ2n) is 5.46. The van der Waals surface area contributed by atoms with E-state index >= 15 is 0 Å². The second kappa shape index (κ2) is 6.32. The number of aryl methyl sites for hydroxylation is 1. The zero-order valence-corrected chi connectivity index (χ0v) is 13.3. The minimum atomic E-state index is -4.67. The molecule has 0 aliphatic heterocycles. The summed E-state index contributed by atoms with van der Waals surface area (Å²) in [7, 11) is -4.67. The van der Waals surface area contributed by atoms with Crippen molar-refractivity contribution in [3.8, 4) is 0 Å². The van der Waals surface area contributed by atoms with Crippen LogP contribution in [0.3, 0.4) is 0 Å². The summed E-state index contributed by atoms with van der Waals surface area (Å²) in [5.74, 6) is -4.11. The second-order valence-corrected chi connectivity index (χ2v) is 7.38. The van der Waals surface area contributed by atoms with Crippen molar-refractivity contribution in [2.75, 3.05) is 0 Å². The number of rotatable bonds is 4. The molecule has 0 spiro atoms. The first kappa shape index (κ1) is 16.6. The fourth-order valence-electron chi connectivity index (χ4n) is 2.72. The zero-order chi connectivity index (χ0) is 17.3. The van der Waals surface area contributed by atoms with Crippen LogP contribution in [0.1, 0.15) is 34.0 Å². The van der Waals surface area contributed by atoms with Crippen molar-refractivity contribution in [2.45, 2.75) is 29.6 Å². The van der Waals surface area contributed by atoms with Crippen molar-refractivity contribution >= 4 is 15.8 Å². The Bertz CT molecular complexity index is 860. The maximum absolute atomic E-state index is 12.5. The fraction of sp³-hybridized carbons (Fsp3) is 0.235. The summed E-state index contributed by atoms with van der Waals surface area (Å²) in [6.07, 6.45) is 1.15. The third-order valence-electron chi connectivity index (χ3n) is 3.98. The molecule has 1 aliphatic rings. The number of hydrogen-bond donors (Lipinski definition) is 0. The van der Waals surface area contributed by atoms with Crippen LogP contribution in [0.25, 0.3) is 0 Å². The van der Waals surface area contributed by atoms with Gasteiger partial charge in [0.15, 0.2) is 0 Å². The number of ether oxygens (including phenoxy) is 1. The van der Waals surface area contributed by atoms with E-state index in [1.807, 2.05) is 24.3 Å². The average molecular weight is 352 g/mol. The van der Waals surface area contributed by atoms with Crippen LogP contribution in [0.15, 0.2) is 53.4 Å². The van der Waals surface area contributed by atoms with Gasteiger partial charge in [-0.05, 0) is 48.2 Å². The summed E-state index contributed by atoms with van der Waals surface area (Å²) in [5, 5.41) is 0. The van der Waals surface area contributed by atoms with Crippen LogP contribution in [0.5, 0.6) is 0 Å². The van der Waals surface area contributed by atoms with Gasteiger partial charge in [0.2, 0.25) is 9.84 Å². The lowest BCUT2D eigenvalue weighted by Crippen LogP contribution is -2.13. The maximum Gasteiger partial charge on any atom is 0.341 e. The molecule has 0 heterocycles.